The van der Waals surface area contributed by atoms with Crippen molar-refractivity contribution in [1.82, 2.24) is 4.90 Å². The molecule has 0 bridgehead atoms. The van der Waals surface area contributed by atoms with Gasteiger partial charge in [-0.3, -0.25) is 4.79 Å². The van der Waals surface area contributed by atoms with Crippen LogP contribution in [0.5, 0.6) is 0 Å². The SMILES string of the molecule is NC(=O)CCCCCCCCC(O)CN1CCCCC1. The molecular formula is C16H32N2O2. The second kappa shape index (κ2) is 11.1. The largest absolute Gasteiger partial charge is 0.392 e. The molecule has 1 saturated heterocycles. The molecule has 0 spiro atoms. The number of nitrogens with zero attached hydrogens (tertiary/aromatic N) is 1. The summed E-state index contributed by atoms with van der Waals surface area (Å²) in [4.78, 5) is 13.0. The van der Waals surface area contributed by atoms with Gasteiger partial charge in [-0.2, -0.15) is 0 Å². The summed E-state index contributed by atoms with van der Waals surface area (Å²) < 4.78 is 0. The number of piperidine rings is 1. The normalized spacial score (nSPS) is 18.1. The van der Waals surface area contributed by atoms with Gasteiger partial charge in [-0.1, -0.05) is 38.5 Å². The van der Waals surface area contributed by atoms with Crippen molar-refractivity contribution in [3.05, 3.63) is 0 Å². The number of rotatable bonds is 11. The molecule has 1 unspecified atom stereocenters. The Hall–Kier alpha value is -0.610. The summed E-state index contributed by atoms with van der Waals surface area (Å²) in [6.07, 6.45) is 11.9. The molecule has 0 aromatic rings. The third-order valence-electron chi connectivity index (χ3n) is 4.13. The number of primary amides is 1. The van der Waals surface area contributed by atoms with Crippen LogP contribution in [0.1, 0.15) is 70.6 Å². The first kappa shape index (κ1) is 17.4. The van der Waals surface area contributed by atoms with Crippen LogP contribution in [-0.2, 0) is 4.79 Å². The summed E-state index contributed by atoms with van der Waals surface area (Å²) in [5.74, 6) is -0.189. The molecule has 20 heavy (non-hydrogen) atoms. The van der Waals surface area contributed by atoms with Crippen LogP contribution in [0.3, 0.4) is 0 Å². The van der Waals surface area contributed by atoms with E-state index in [1.807, 2.05) is 0 Å². The van der Waals surface area contributed by atoms with Gasteiger partial charge in [0.05, 0.1) is 6.10 Å². The number of aliphatic hydroxyl groups is 1. The van der Waals surface area contributed by atoms with Crippen LogP contribution in [0.4, 0.5) is 0 Å². The van der Waals surface area contributed by atoms with Crippen molar-refractivity contribution in [2.45, 2.75) is 76.7 Å². The standard InChI is InChI=1S/C16H32N2O2/c17-16(20)11-7-4-2-1-3-6-10-15(19)14-18-12-8-5-9-13-18/h15,19H,1-14H2,(H2,17,20). The molecular weight excluding hydrogens is 252 g/mol. The van der Waals surface area contributed by atoms with Gasteiger partial charge in [0.2, 0.25) is 5.91 Å². The maximum atomic E-state index is 10.6. The van der Waals surface area contributed by atoms with E-state index >= 15 is 0 Å². The van der Waals surface area contributed by atoms with Gasteiger partial charge in [0.15, 0.2) is 0 Å². The number of nitrogens with two attached hydrogens (primary N) is 1. The summed E-state index contributed by atoms with van der Waals surface area (Å²) in [6.45, 7) is 3.19. The molecule has 4 nitrogen and oxygen atoms in total. The molecule has 0 saturated carbocycles. The van der Waals surface area contributed by atoms with E-state index in [2.05, 4.69) is 4.90 Å². The van der Waals surface area contributed by atoms with E-state index in [0.29, 0.717) is 6.42 Å². The summed E-state index contributed by atoms with van der Waals surface area (Å²) in [5, 5.41) is 10.0. The fourth-order valence-corrected chi connectivity index (χ4v) is 2.92. The van der Waals surface area contributed by atoms with E-state index in [-0.39, 0.29) is 12.0 Å². The van der Waals surface area contributed by atoms with Gasteiger partial charge < -0.3 is 15.7 Å². The maximum absolute atomic E-state index is 10.6. The van der Waals surface area contributed by atoms with Crippen molar-refractivity contribution >= 4 is 5.91 Å². The predicted octanol–water partition coefficient (Wildman–Crippen LogP) is 2.44. The molecule has 1 aliphatic rings. The molecule has 0 aliphatic carbocycles. The fraction of sp³-hybridized carbons (Fsp3) is 0.938. The van der Waals surface area contributed by atoms with Crippen LogP contribution < -0.4 is 5.73 Å². The smallest absolute Gasteiger partial charge is 0.217 e. The molecule has 0 aromatic heterocycles. The average molecular weight is 284 g/mol. The molecule has 1 heterocycles. The minimum Gasteiger partial charge on any atom is -0.392 e. The molecule has 1 rings (SSSR count). The lowest BCUT2D eigenvalue weighted by molar-refractivity contribution is -0.118. The van der Waals surface area contributed by atoms with E-state index in [4.69, 9.17) is 5.73 Å². The number of unbranched alkanes of at least 4 members (excludes halogenated alkanes) is 5. The first-order valence-corrected chi connectivity index (χ1v) is 8.37. The van der Waals surface area contributed by atoms with Crippen molar-refractivity contribution in [2.75, 3.05) is 19.6 Å². The molecule has 3 N–H and O–H groups in total. The highest BCUT2D eigenvalue weighted by molar-refractivity contribution is 5.73. The van der Waals surface area contributed by atoms with Crippen LogP contribution >= 0.6 is 0 Å². The molecule has 0 aromatic carbocycles. The summed E-state index contributed by atoms with van der Waals surface area (Å²) >= 11 is 0. The maximum Gasteiger partial charge on any atom is 0.217 e. The number of hydrogen-bond acceptors (Lipinski definition) is 3. The monoisotopic (exact) mass is 284 g/mol. The van der Waals surface area contributed by atoms with Crippen LogP contribution in [0.15, 0.2) is 0 Å². The van der Waals surface area contributed by atoms with Crippen molar-refractivity contribution in [3.63, 3.8) is 0 Å². The summed E-state index contributed by atoms with van der Waals surface area (Å²) in [6, 6.07) is 0. The minimum atomic E-state index is -0.189. The summed E-state index contributed by atoms with van der Waals surface area (Å²) in [5.41, 5.74) is 5.09. The van der Waals surface area contributed by atoms with Crippen LogP contribution in [0, 0.1) is 0 Å². The zero-order chi connectivity index (χ0) is 14.6. The fourth-order valence-electron chi connectivity index (χ4n) is 2.92. The predicted molar refractivity (Wildman–Crippen MR) is 82.4 cm³/mol. The minimum absolute atomic E-state index is 0.150. The van der Waals surface area contributed by atoms with Crippen molar-refractivity contribution in [1.29, 1.82) is 0 Å². The van der Waals surface area contributed by atoms with Gasteiger partial charge in [-0.15, -0.1) is 0 Å². The van der Waals surface area contributed by atoms with Crippen molar-refractivity contribution in [2.24, 2.45) is 5.73 Å². The highest BCUT2D eigenvalue weighted by Gasteiger charge is 2.13. The molecule has 0 radical (unpaired) electrons. The second-order valence-corrected chi connectivity index (χ2v) is 6.14. The lowest BCUT2D eigenvalue weighted by Gasteiger charge is -2.28. The molecule has 1 atom stereocenters. The van der Waals surface area contributed by atoms with E-state index in [1.54, 1.807) is 0 Å². The van der Waals surface area contributed by atoms with Gasteiger partial charge in [-0.25, -0.2) is 0 Å². The van der Waals surface area contributed by atoms with E-state index in [0.717, 1.165) is 45.3 Å². The van der Waals surface area contributed by atoms with Gasteiger partial charge in [0, 0.05) is 13.0 Å². The van der Waals surface area contributed by atoms with E-state index in [1.165, 1.54) is 38.5 Å². The lowest BCUT2D eigenvalue weighted by atomic mass is 10.0. The highest BCUT2D eigenvalue weighted by atomic mass is 16.3. The Kier molecular flexibility index (Phi) is 9.67. The molecule has 1 aliphatic heterocycles. The Bertz CT molecular complexity index is 253. The van der Waals surface area contributed by atoms with Crippen molar-refractivity contribution < 1.29 is 9.90 Å². The zero-order valence-electron chi connectivity index (χ0n) is 12.9. The Labute approximate surface area is 123 Å². The molecule has 118 valence electrons. The number of β-amino-alcohol motifs (C(OH)–C–C–N with tert-alkyl or cyclic N) is 1. The number of carbonyl (C=O) groups excluding carboxylic acids is 1. The average Bonchev–Trinajstić information content (AvgIpc) is 2.42. The first-order chi connectivity index (χ1) is 9.68. The Balaban J connectivity index is 1.86. The van der Waals surface area contributed by atoms with Gasteiger partial charge in [0.25, 0.3) is 0 Å². The Morgan fingerprint density at radius 1 is 1.00 bits per heavy atom. The number of hydrogen-bond donors (Lipinski definition) is 2. The number of carbonyl (C=O) groups is 1. The van der Waals surface area contributed by atoms with Gasteiger partial charge >= 0.3 is 0 Å². The van der Waals surface area contributed by atoms with Gasteiger partial charge in [-0.05, 0) is 38.8 Å². The first-order valence-electron chi connectivity index (χ1n) is 8.37. The van der Waals surface area contributed by atoms with Crippen LogP contribution in [0.2, 0.25) is 0 Å². The molecule has 1 amide bonds. The third-order valence-corrected chi connectivity index (χ3v) is 4.13. The summed E-state index contributed by atoms with van der Waals surface area (Å²) in [7, 11) is 0. The van der Waals surface area contributed by atoms with E-state index in [9.17, 15) is 9.90 Å². The van der Waals surface area contributed by atoms with Crippen molar-refractivity contribution in [3.8, 4) is 0 Å². The lowest BCUT2D eigenvalue weighted by Crippen LogP contribution is -2.36. The zero-order valence-corrected chi connectivity index (χ0v) is 12.9. The van der Waals surface area contributed by atoms with Gasteiger partial charge in [0.1, 0.15) is 0 Å². The topological polar surface area (TPSA) is 66.6 Å². The quantitative estimate of drug-likeness (QED) is 0.573. The number of likely N-dealkylation sites (tertiary alicyclic amines) is 1. The highest BCUT2D eigenvalue weighted by Crippen LogP contribution is 2.13. The molecule has 1 fully saturated rings. The van der Waals surface area contributed by atoms with Crippen LogP contribution in [0.25, 0.3) is 0 Å². The number of amides is 1. The molecule has 4 heteroatoms. The Morgan fingerprint density at radius 2 is 1.60 bits per heavy atom. The third kappa shape index (κ3) is 9.32. The number of aliphatic hydroxyl groups excluding tert-OH is 1. The van der Waals surface area contributed by atoms with Crippen LogP contribution in [-0.4, -0.2) is 41.7 Å². The second-order valence-electron chi connectivity index (χ2n) is 6.14. The Morgan fingerprint density at radius 3 is 2.25 bits per heavy atom. The van der Waals surface area contributed by atoms with E-state index < -0.39 is 0 Å².